The van der Waals surface area contributed by atoms with E-state index in [1.54, 1.807) is 12.1 Å². The second-order valence-corrected chi connectivity index (χ2v) is 8.73. The van der Waals surface area contributed by atoms with E-state index in [4.69, 9.17) is 4.74 Å². The van der Waals surface area contributed by atoms with E-state index < -0.39 is 5.82 Å². The number of piperidine rings is 1. The number of hydrogen-bond acceptors (Lipinski definition) is 5. The van der Waals surface area contributed by atoms with Crippen molar-refractivity contribution in [3.63, 3.8) is 0 Å². The zero-order valence-corrected chi connectivity index (χ0v) is 19.4. The minimum absolute atomic E-state index is 0.00865. The normalized spacial score (nSPS) is 15.9. The number of carbonyl (C=O) groups is 1. The third-order valence-corrected chi connectivity index (χ3v) is 5.72. The van der Waals surface area contributed by atoms with Crippen LogP contribution in [0, 0.1) is 11.7 Å². The van der Waals surface area contributed by atoms with Crippen molar-refractivity contribution in [2.45, 2.75) is 39.3 Å². The first-order valence-electron chi connectivity index (χ1n) is 11.5. The number of amides is 1. The summed E-state index contributed by atoms with van der Waals surface area (Å²) >= 11 is 0. The highest BCUT2D eigenvalue weighted by Gasteiger charge is 2.27. The molecule has 2 aromatic carbocycles. The zero-order chi connectivity index (χ0) is 24.1. The molecule has 1 aliphatic rings. The molecule has 8 heteroatoms. The van der Waals surface area contributed by atoms with E-state index in [0.717, 1.165) is 30.7 Å². The lowest BCUT2D eigenvalue weighted by Crippen LogP contribution is -2.43. The Hall–Kier alpha value is -3.68. The van der Waals surface area contributed by atoms with Gasteiger partial charge in [-0.1, -0.05) is 18.2 Å². The molecule has 1 saturated heterocycles. The van der Waals surface area contributed by atoms with E-state index in [9.17, 15) is 14.0 Å². The van der Waals surface area contributed by atoms with Gasteiger partial charge in [0.15, 0.2) is 0 Å². The van der Waals surface area contributed by atoms with E-state index in [-0.39, 0.29) is 23.5 Å². The molecule has 0 spiro atoms. The molecule has 1 atom stereocenters. The van der Waals surface area contributed by atoms with Crippen molar-refractivity contribution >= 4 is 11.7 Å². The standard InChI is InChI=1S/C26H29FN4O3/c1-18(2)34-23-10-8-19(9-11-23)16-28-26(33)20-5-4-14-30(17-20)24-12-13-25(32)31(29-24)22-7-3-6-21(27)15-22/h3,6-13,15,18,20H,4-5,14,16-17H2,1-2H3,(H,28,33)/t20-/m1/s1. The van der Waals surface area contributed by atoms with Crippen LogP contribution < -0.4 is 20.5 Å². The van der Waals surface area contributed by atoms with Crippen molar-refractivity contribution in [2.24, 2.45) is 5.92 Å². The first-order chi connectivity index (χ1) is 16.4. The number of hydrogen-bond donors (Lipinski definition) is 1. The molecule has 1 amide bonds. The van der Waals surface area contributed by atoms with Crippen LogP contribution in [-0.2, 0) is 11.3 Å². The quantitative estimate of drug-likeness (QED) is 0.577. The number of nitrogens with zero attached hydrogens (tertiary/aromatic N) is 3. The molecule has 0 unspecified atom stereocenters. The average Bonchev–Trinajstić information content (AvgIpc) is 2.83. The highest BCUT2D eigenvalue weighted by Crippen LogP contribution is 2.22. The maximum Gasteiger partial charge on any atom is 0.271 e. The molecule has 0 bridgehead atoms. The smallest absolute Gasteiger partial charge is 0.271 e. The van der Waals surface area contributed by atoms with E-state index in [2.05, 4.69) is 10.4 Å². The lowest BCUT2D eigenvalue weighted by molar-refractivity contribution is -0.125. The fourth-order valence-electron chi connectivity index (χ4n) is 4.05. The van der Waals surface area contributed by atoms with E-state index in [0.29, 0.717) is 24.6 Å². The summed E-state index contributed by atoms with van der Waals surface area (Å²) in [5, 5.41) is 7.47. The molecule has 2 heterocycles. The number of halogens is 1. The van der Waals surface area contributed by atoms with Gasteiger partial charge in [-0.15, -0.1) is 5.10 Å². The molecule has 1 aliphatic heterocycles. The Kier molecular flexibility index (Phi) is 7.25. The molecule has 3 aromatic rings. The van der Waals surface area contributed by atoms with Crippen LogP contribution in [0.5, 0.6) is 5.75 Å². The third-order valence-electron chi connectivity index (χ3n) is 5.72. The zero-order valence-electron chi connectivity index (χ0n) is 19.4. The maximum absolute atomic E-state index is 13.6. The van der Waals surface area contributed by atoms with Crippen LogP contribution in [0.15, 0.2) is 65.5 Å². The molecule has 0 saturated carbocycles. The summed E-state index contributed by atoms with van der Waals surface area (Å²) in [5.41, 5.74) is 1.02. The van der Waals surface area contributed by atoms with Crippen molar-refractivity contribution < 1.29 is 13.9 Å². The van der Waals surface area contributed by atoms with Crippen molar-refractivity contribution in [1.82, 2.24) is 15.1 Å². The van der Waals surface area contributed by atoms with Crippen molar-refractivity contribution in [3.05, 3.63) is 82.4 Å². The largest absolute Gasteiger partial charge is 0.491 e. The summed E-state index contributed by atoms with van der Waals surface area (Å²) in [7, 11) is 0. The van der Waals surface area contributed by atoms with Gasteiger partial charge < -0.3 is 15.0 Å². The summed E-state index contributed by atoms with van der Waals surface area (Å²) in [6.07, 6.45) is 1.73. The SMILES string of the molecule is CC(C)Oc1ccc(CNC(=O)[C@@H]2CCCN(c3ccc(=O)n(-c4cccc(F)c4)n3)C2)cc1. The van der Waals surface area contributed by atoms with Gasteiger partial charge >= 0.3 is 0 Å². The van der Waals surface area contributed by atoms with E-state index in [1.165, 1.54) is 28.9 Å². The van der Waals surface area contributed by atoms with Gasteiger partial charge in [-0.2, -0.15) is 4.68 Å². The minimum Gasteiger partial charge on any atom is -0.491 e. The van der Waals surface area contributed by atoms with E-state index in [1.807, 2.05) is 43.0 Å². The predicted molar refractivity (Wildman–Crippen MR) is 129 cm³/mol. The molecular formula is C26H29FN4O3. The summed E-state index contributed by atoms with van der Waals surface area (Å²) in [6.45, 7) is 5.64. The lowest BCUT2D eigenvalue weighted by Gasteiger charge is -2.33. The van der Waals surface area contributed by atoms with Gasteiger partial charge in [0.2, 0.25) is 5.91 Å². The molecule has 1 fully saturated rings. The Bertz CT molecular complexity index is 1190. The minimum atomic E-state index is -0.437. The summed E-state index contributed by atoms with van der Waals surface area (Å²) in [5.74, 6) is 0.759. The predicted octanol–water partition coefficient (Wildman–Crippen LogP) is 3.69. The highest BCUT2D eigenvalue weighted by atomic mass is 19.1. The topological polar surface area (TPSA) is 76.5 Å². The third kappa shape index (κ3) is 5.81. The molecule has 1 N–H and O–H groups in total. The average molecular weight is 465 g/mol. The number of ether oxygens (including phenoxy) is 1. The summed E-state index contributed by atoms with van der Waals surface area (Å²) in [6, 6.07) is 16.5. The molecule has 4 rings (SSSR count). The second-order valence-electron chi connectivity index (χ2n) is 8.73. The number of benzene rings is 2. The number of aromatic nitrogens is 2. The van der Waals surface area contributed by atoms with Crippen molar-refractivity contribution in [3.8, 4) is 11.4 Å². The molecule has 1 aromatic heterocycles. The fourth-order valence-corrected chi connectivity index (χ4v) is 4.05. The summed E-state index contributed by atoms with van der Waals surface area (Å²) < 4.78 is 20.5. The Labute approximate surface area is 198 Å². The number of anilines is 1. The number of nitrogens with one attached hydrogen (secondary N) is 1. The Morgan fingerprint density at radius 2 is 1.97 bits per heavy atom. The molecule has 178 valence electrons. The second kappa shape index (κ2) is 10.5. The van der Waals surface area contributed by atoms with Crippen LogP contribution in [0.3, 0.4) is 0 Å². The van der Waals surface area contributed by atoms with Crippen LogP contribution in [0.2, 0.25) is 0 Å². The van der Waals surface area contributed by atoms with Gasteiger partial charge in [0, 0.05) is 25.7 Å². The van der Waals surface area contributed by atoms with Gasteiger partial charge in [0.25, 0.3) is 5.56 Å². The Morgan fingerprint density at radius 1 is 1.18 bits per heavy atom. The molecule has 7 nitrogen and oxygen atoms in total. The Balaban J connectivity index is 1.40. The van der Waals surface area contributed by atoms with Gasteiger partial charge in [-0.25, -0.2) is 4.39 Å². The summed E-state index contributed by atoms with van der Waals surface area (Å²) in [4.78, 5) is 27.2. The number of rotatable bonds is 7. The van der Waals surface area contributed by atoms with Gasteiger partial charge in [0.05, 0.1) is 17.7 Å². The lowest BCUT2D eigenvalue weighted by atomic mass is 9.97. The van der Waals surface area contributed by atoms with Gasteiger partial charge in [-0.3, -0.25) is 9.59 Å². The Morgan fingerprint density at radius 3 is 2.71 bits per heavy atom. The van der Waals surface area contributed by atoms with Crippen LogP contribution in [0.25, 0.3) is 5.69 Å². The molecular weight excluding hydrogens is 435 g/mol. The monoisotopic (exact) mass is 464 g/mol. The van der Waals surface area contributed by atoms with Crippen molar-refractivity contribution in [1.29, 1.82) is 0 Å². The van der Waals surface area contributed by atoms with Crippen LogP contribution in [-0.4, -0.2) is 34.9 Å². The highest BCUT2D eigenvalue weighted by molar-refractivity contribution is 5.79. The van der Waals surface area contributed by atoms with Crippen molar-refractivity contribution in [2.75, 3.05) is 18.0 Å². The first kappa shape index (κ1) is 23.5. The fraction of sp³-hybridized carbons (Fsp3) is 0.346. The molecule has 0 radical (unpaired) electrons. The number of carbonyl (C=O) groups excluding carboxylic acids is 1. The van der Waals surface area contributed by atoms with Crippen LogP contribution in [0.4, 0.5) is 10.2 Å². The first-order valence-corrected chi connectivity index (χ1v) is 11.5. The van der Waals surface area contributed by atoms with Crippen LogP contribution >= 0.6 is 0 Å². The van der Waals surface area contributed by atoms with Gasteiger partial charge in [-0.05, 0) is 68.7 Å². The maximum atomic E-state index is 13.6. The van der Waals surface area contributed by atoms with Crippen LogP contribution in [0.1, 0.15) is 32.3 Å². The van der Waals surface area contributed by atoms with Gasteiger partial charge in [0.1, 0.15) is 17.4 Å². The molecule has 0 aliphatic carbocycles. The molecule has 34 heavy (non-hydrogen) atoms. The van der Waals surface area contributed by atoms with E-state index >= 15 is 0 Å².